The molecule has 5 rings (SSSR count). The normalized spacial score (nSPS) is 22.2. The number of nitrogens with zero attached hydrogens (tertiary/aromatic N) is 3. The molecule has 2 fully saturated rings. The van der Waals surface area contributed by atoms with Crippen molar-refractivity contribution in [3.8, 4) is 12.3 Å². The third-order valence-electron chi connectivity index (χ3n) is 7.86. The SMILES string of the molecule is C#C[C@H]1CC[C@H](c2ccccc2)S(=O)(=O)N1Cc1ccc(C2(C(=O)NCc3cnccn3)CCOCC2)cc1F. The van der Waals surface area contributed by atoms with E-state index >= 15 is 4.39 Å². The Hall–Kier alpha value is -3.65. The maximum absolute atomic E-state index is 15.7. The Labute approximate surface area is 234 Å². The highest BCUT2D eigenvalue weighted by molar-refractivity contribution is 7.89. The highest BCUT2D eigenvalue weighted by Crippen LogP contribution is 2.39. The van der Waals surface area contributed by atoms with Crippen LogP contribution in [-0.2, 0) is 38.1 Å². The van der Waals surface area contributed by atoms with Crippen LogP contribution in [-0.4, -0.2) is 47.9 Å². The van der Waals surface area contributed by atoms with Crippen molar-refractivity contribution in [2.45, 2.75) is 55.5 Å². The van der Waals surface area contributed by atoms with Crippen molar-refractivity contribution in [1.29, 1.82) is 0 Å². The van der Waals surface area contributed by atoms with Crippen LogP contribution in [0.25, 0.3) is 0 Å². The zero-order valence-corrected chi connectivity index (χ0v) is 22.8. The molecule has 1 amide bonds. The van der Waals surface area contributed by atoms with E-state index < -0.39 is 32.5 Å². The van der Waals surface area contributed by atoms with Gasteiger partial charge >= 0.3 is 0 Å². The van der Waals surface area contributed by atoms with Gasteiger partial charge < -0.3 is 10.1 Å². The van der Waals surface area contributed by atoms with Crippen LogP contribution < -0.4 is 5.32 Å². The number of hydrogen-bond donors (Lipinski definition) is 1. The minimum Gasteiger partial charge on any atom is -0.381 e. The molecule has 2 saturated heterocycles. The van der Waals surface area contributed by atoms with Crippen LogP contribution in [0.2, 0.25) is 0 Å². The fourth-order valence-electron chi connectivity index (χ4n) is 5.58. The van der Waals surface area contributed by atoms with Crippen molar-refractivity contribution < 1.29 is 22.3 Å². The number of benzene rings is 2. The second-order valence-electron chi connectivity index (χ2n) is 10.1. The molecule has 0 unspecified atom stereocenters. The summed E-state index contributed by atoms with van der Waals surface area (Å²) in [7, 11) is -3.85. The third-order valence-corrected chi connectivity index (χ3v) is 10.1. The Morgan fingerprint density at radius 1 is 1.15 bits per heavy atom. The summed E-state index contributed by atoms with van der Waals surface area (Å²) in [6, 6.07) is 13.0. The Morgan fingerprint density at radius 2 is 1.93 bits per heavy atom. The summed E-state index contributed by atoms with van der Waals surface area (Å²) in [6.07, 6.45) is 12.0. The lowest BCUT2D eigenvalue weighted by atomic mass is 9.73. The molecule has 1 aromatic heterocycles. The monoisotopic (exact) mass is 562 g/mol. The van der Waals surface area contributed by atoms with Crippen LogP contribution >= 0.6 is 0 Å². The largest absolute Gasteiger partial charge is 0.381 e. The summed E-state index contributed by atoms with van der Waals surface area (Å²) in [4.78, 5) is 21.7. The van der Waals surface area contributed by atoms with E-state index in [0.717, 1.165) is 0 Å². The summed E-state index contributed by atoms with van der Waals surface area (Å²) >= 11 is 0. The summed E-state index contributed by atoms with van der Waals surface area (Å²) in [5, 5.41) is 2.18. The quantitative estimate of drug-likeness (QED) is 0.441. The van der Waals surface area contributed by atoms with Crippen molar-refractivity contribution in [2.24, 2.45) is 0 Å². The molecule has 8 nitrogen and oxygen atoms in total. The van der Waals surface area contributed by atoms with Crippen LogP contribution in [0.4, 0.5) is 4.39 Å². The van der Waals surface area contributed by atoms with E-state index in [1.807, 2.05) is 6.07 Å². The van der Waals surface area contributed by atoms with Gasteiger partial charge in [0, 0.05) is 37.7 Å². The van der Waals surface area contributed by atoms with Crippen molar-refractivity contribution >= 4 is 15.9 Å². The minimum atomic E-state index is -3.85. The van der Waals surface area contributed by atoms with Gasteiger partial charge in [-0.15, -0.1) is 6.42 Å². The summed E-state index contributed by atoms with van der Waals surface area (Å²) in [6.45, 7) is 0.720. The molecule has 0 bridgehead atoms. The Kier molecular flexibility index (Phi) is 8.26. The summed E-state index contributed by atoms with van der Waals surface area (Å²) in [5.74, 6) is 1.75. The molecule has 0 aliphatic carbocycles. The first kappa shape index (κ1) is 27.9. The maximum Gasteiger partial charge on any atom is 0.231 e. The van der Waals surface area contributed by atoms with Gasteiger partial charge in [-0.1, -0.05) is 48.4 Å². The number of sulfonamides is 1. The van der Waals surface area contributed by atoms with E-state index in [4.69, 9.17) is 11.2 Å². The third kappa shape index (κ3) is 5.50. The predicted octanol–water partition coefficient (Wildman–Crippen LogP) is 3.65. The number of ether oxygens (including phenoxy) is 1. The zero-order valence-electron chi connectivity index (χ0n) is 22.0. The van der Waals surface area contributed by atoms with Gasteiger partial charge in [-0.2, -0.15) is 4.31 Å². The maximum atomic E-state index is 15.7. The average molecular weight is 563 g/mol. The average Bonchev–Trinajstić information content (AvgIpc) is 2.98. The lowest BCUT2D eigenvalue weighted by molar-refractivity contribution is -0.130. The molecule has 40 heavy (non-hydrogen) atoms. The van der Waals surface area contributed by atoms with Gasteiger partial charge in [0.25, 0.3) is 0 Å². The standard InChI is InChI=1S/C30H31FN4O4S/c1-2-26-10-11-28(22-6-4-3-5-7-22)40(37,38)35(26)21-23-8-9-24(18-27(23)31)30(12-16-39-17-13-30)29(36)34-20-25-19-32-14-15-33-25/h1,3-9,14-15,18-19,26,28H,10-13,16-17,20-21H2,(H,34,36)/t26-,28+/m0/s1. The summed E-state index contributed by atoms with van der Waals surface area (Å²) in [5.41, 5.74) is 1.03. The van der Waals surface area contributed by atoms with Gasteiger partial charge in [0.1, 0.15) is 11.1 Å². The first-order valence-electron chi connectivity index (χ1n) is 13.3. The van der Waals surface area contributed by atoms with E-state index in [1.165, 1.54) is 10.4 Å². The molecule has 10 heteroatoms. The molecule has 3 heterocycles. The van der Waals surface area contributed by atoms with E-state index in [2.05, 4.69) is 21.2 Å². The van der Waals surface area contributed by atoms with Gasteiger partial charge in [0.05, 0.1) is 29.9 Å². The molecular formula is C30H31FN4O4S. The Balaban J connectivity index is 1.40. The van der Waals surface area contributed by atoms with E-state index in [-0.39, 0.29) is 24.6 Å². The number of halogens is 1. The van der Waals surface area contributed by atoms with Crippen LogP contribution in [0.15, 0.2) is 67.1 Å². The van der Waals surface area contributed by atoms with Crippen molar-refractivity contribution in [2.75, 3.05) is 13.2 Å². The number of carbonyl (C=O) groups excluding carboxylic acids is 1. The van der Waals surface area contributed by atoms with Crippen molar-refractivity contribution in [3.05, 3.63) is 95.3 Å². The Bertz CT molecular complexity index is 1490. The lowest BCUT2D eigenvalue weighted by Gasteiger charge is -2.37. The molecule has 208 valence electrons. The molecule has 2 aromatic carbocycles. The number of aromatic nitrogens is 2. The van der Waals surface area contributed by atoms with E-state index in [1.54, 1.807) is 55.0 Å². The smallest absolute Gasteiger partial charge is 0.231 e. The van der Waals surface area contributed by atoms with Gasteiger partial charge in [-0.25, -0.2) is 12.8 Å². The van der Waals surface area contributed by atoms with E-state index in [9.17, 15) is 13.2 Å². The molecule has 2 aliphatic rings. The topological polar surface area (TPSA) is 101 Å². The number of terminal acetylenes is 1. The molecule has 2 atom stereocenters. The fourth-order valence-corrected chi connectivity index (χ4v) is 7.69. The van der Waals surface area contributed by atoms with Crippen LogP contribution in [0.1, 0.15) is 53.3 Å². The lowest BCUT2D eigenvalue weighted by Crippen LogP contribution is -2.48. The summed E-state index contributed by atoms with van der Waals surface area (Å²) < 4.78 is 49.8. The number of rotatable bonds is 7. The number of nitrogens with one attached hydrogen (secondary N) is 1. The van der Waals surface area contributed by atoms with Gasteiger partial charge in [-0.05, 0) is 42.9 Å². The molecular weight excluding hydrogens is 531 g/mol. The Morgan fingerprint density at radius 3 is 2.60 bits per heavy atom. The first-order chi connectivity index (χ1) is 19.3. The minimum absolute atomic E-state index is 0.193. The number of carbonyl (C=O) groups is 1. The number of amides is 1. The predicted molar refractivity (Wildman–Crippen MR) is 148 cm³/mol. The van der Waals surface area contributed by atoms with Gasteiger partial charge in [0.2, 0.25) is 15.9 Å². The highest BCUT2D eigenvalue weighted by atomic mass is 32.2. The number of hydrogen-bond acceptors (Lipinski definition) is 6. The van der Waals surface area contributed by atoms with Crippen LogP contribution in [0.3, 0.4) is 0 Å². The van der Waals surface area contributed by atoms with E-state index in [0.29, 0.717) is 55.7 Å². The zero-order chi connectivity index (χ0) is 28.2. The molecule has 0 saturated carbocycles. The molecule has 3 aromatic rings. The molecule has 2 aliphatic heterocycles. The first-order valence-corrected chi connectivity index (χ1v) is 14.8. The second-order valence-corrected chi connectivity index (χ2v) is 12.2. The molecule has 1 N–H and O–H groups in total. The van der Waals surface area contributed by atoms with Crippen molar-refractivity contribution in [3.63, 3.8) is 0 Å². The second kappa shape index (κ2) is 11.8. The highest BCUT2D eigenvalue weighted by Gasteiger charge is 2.44. The van der Waals surface area contributed by atoms with Gasteiger partial charge in [-0.3, -0.25) is 14.8 Å². The molecule has 0 radical (unpaired) electrons. The molecule has 0 spiro atoms. The fraction of sp³-hybridized carbons (Fsp3) is 0.367. The van der Waals surface area contributed by atoms with Crippen LogP contribution in [0, 0.1) is 18.2 Å². The van der Waals surface area contributed by atoms with Crippen molar-refractivity contribution in [1.82, 2.24) is 19.6 Å². The van der Waals surface area contributed by atoms with Crippen LogP contribution in [0.5, 0.6) is 0 Å². The van der Waals surface area contributed by atoms with Gasteiger partial charge in [0.15, 0.2) is 0 Å².